The average Bonchev–Trinajstić information content (AvgIpc) is 2.36. The van der Waals surface area contributed by atoms with Crippen LogP contribution < -0.4 is 0 Å². The van der Waals surface area contributed by atoms with Crippen LogP contribution in [0.2, 0.25) is 0 Å². The number of esters is 2. The number of methoxy groups -OCH3 is 2. The summed E-state index contributed by atoms with van der Waals surface area (Å²) in [6.07, 6.45) is -4.80. The maximum atomic E-state index is 12.4. The highest BCUT2D eigenvalue weighted by Crippen LogP contribution is 2.27. The Morgan fingerprint density at radius 2 is 1.89 bits per heavy atom. The molecule has 19 heavy (non-hydrogen) atoms. The molecule has 0 saturated heterocycles. The van der Waals surface area contributed by atoms with Crippen molar-refractivity contribution in [2.75, 3.05) is 14.2 Å². The van der Waals surface area contributed by atoms with Crippen LogP contribution in [0.4, 0.5) is 13.2 Å². The van der Waals surface area contributed by atoms with Gasteiger partial charge >= 0.3 is 18.1 Å². The van der Waals surface area contributed by atoms with Crippen molar-refractivity contribution in [1.82, 2.24) is 9.97 Å². The lowest BCUT2D eigenvalue weighted by molar-refractivity contribution is -0.141. The molecule has 1 heterocycles. The molecule has 1 aromatic heterocycles. The highest BCUT2D eigenvalue weighted by molar-refractivity contribution is 5.89. The van der Waals surface area contributed by atoms with Crippen LogP contribution in [-0.4, -0.2) is 36.1 Å². The normalized spacial score (nSPS) is 11.0. The van der Waals surface area contributed by atoms with E-state index in [4.69, 9.17) is 0 Å². The van der Waals surface area contributed by atoms with Crippen molar-refractivity contribution in [2.45, 2.75) is 12.6 Å². The molecule has 6 nitrogen and oxygen atoms in total. The molecule has 104 valence electrons. The minimum absolute atomic E-state index is 0.244. The Kier molecular flexibility index (Phi) is 4.41. The van der Waals surface area contributed by atoms with Gasteiger partial charge in [-0.1, -0.05) is 0 Å². The first kappa shape index (κ1) is 14.9. The number of hydrogen-bond acceptors (Lipinski definition) is 6. The number of halogens is 3. The first-order valence-electron chi connectivity index (χ1n) is 4.87. The van der Waals surface area contributed by atoms with Gasteiger partial charge in [-0.15, -0.1) is 0 Å². The summed E-state index contributed by atoms with van der Waals surface area (Å²) in [6, 6.07) is 0. The monoisotopic (exact) mass is 278 g/mol. The van der Waals surface area contributed by atoms with Crippen molar-refractivity contribution < 1.29 is 32.2 Å². The minimum Gasteiger partial charge on any atom is -0.469 e. The van der Waals surface area contributed by atoms with Gasteiger partial charge in [-0.2, -0.15) is 13.2 Å². The molecular weight excluding hydrogens is 269 g/mol. The van der Waals surface area contributed by atoms with Crippen molar-refractivity contribution in [1.29, 1.82) is 0 Å². The fraction of sp³-hybridized carbons (Fsp3) is 0.400. The Labute approximate surface area is 105 Å². The Bertz CT molecular complexity index is 502. The molecule has 0 N–H and O–H groups in total. The van der Waals surface area contributed by atoms with Crippen molar-refractivity contribution >= 4 is 11.9 Å². The van der Waals surface area contributed by atoms with Gasteiger partial charge in [0, 0.05) is 0 Å². The van der Waals surface area contributed by atoms with Gasteiger partial charge in [0.25, 0.3) is 0 Å². The molecule has 0 saturated carbocycles. The summed E-state index contributed by atoms with van der Waals surface area (Å²) < 4.78 is 46.0. The Hall–Kier alpha value is -2.19. The third kappa shape index (κ3) is 3.63. The van der Waals surface area contributed by atoms with Gasteiger partial charge in [-0.3, -0.25) is 9.78 Å². The SMILES string of the molecule is COC(=O)Cc1ncc(C(F)(F)F)nc1C(=O)OC. The van der Waals surface area contributed by atoms with E-state index in [-0.39, 0.29) is 5.69 Å². The van der Waals surface area contributed by atoms with Crippen LogP contribution >= 0.6 is 0 Å². The number of nitrogens with zero attached hydrogens (tertiary/aromatic N) is 2. The summed E-state index contributed by atoms with van der Waals surface area (Å²) in [4.78, 5) is 29.0. The van der Waals surface area contributed by atoms with E-state index in [9.17, 15) is 22.8 Å². The average molecular weight is 278 g/mol. The second-order valence-electron chi connectivity index (χ2n) is 3.29. The van der Waals surface area contributed by atoms with Gasteiger partial charge in [0.1, 0.15) is 0 Å². The molecule has 0 bridgehead atoms. The highest BCUT2D eigenvalue weighted by Gasteiger charge is 2.35. The quantitative estimate of drug-likeness (QED) is 0.767. The standard InChI is InChI=1S/C10H9F3N2O4/c1-18-7(16)3-5-8(9(17)19-2)15-6(4-14-5)10(11,12)13/h4H,3H2,1-2H3. The molecule has 9 heteroatoms. The summed E-state index contributed by atoms with van der Waals surface area (Å²) in [5.74, 6) is -1.88. The van der Waals surface area contributed by atoms with Crippen LogP contribution in [0.25, 0.3) is 0 Å². The van der Waals surface area contributed by atoms with E-state index in [0.717, 1.165) is 14.2 Å². The molecule has 0 aromatic carbocycles. The minimum atomic E-state index is -4.75. The fourth-order valence-electron chi connectivity index (χ4n) is 1.15. The Balaban J connectivity index is 3.25. The summed E-state index contributed by atoms with van der Waals surface area (Å²) >= 11 is 0. The maximum Gasteiger partial charge on any atom is 0.434 e. The van der Waals surface area contributed by atoms with Crippen LogP contribution in [0.5, 0.6) is 0 Å². The lowest BCUT2D eigenvalue weighted by Gasteiger charge is -2.09. The van der Waals surface area contributed by atoms with Crippen LogP contribution in [0.15, 0.2) is 6.20 Å². The summed E-state index contributed by atoms with van der Waals surface area (Å²) in [5, 5.41) is 0. The van der Waals surface area contributed by atoms with E-state index in [1.165, 1.54) is 0 Å². The number of carbonyl (C=O) groups is 2. The van der Waals surface area contributed by atoms with Crippen molar-refractivity contribution in [3.05, 3.63) is 23.3 Å². The zero-order chi connectivity index (χ0) is 14.6. The van der Waals surface area contributed by atoms with Gasteiger partial charge in [-0.05, 0) is 0 Å². The van der Waals surface area contributed by atoms with Crippen LogP contribution in [0, 0.1) is 0 Å². The number of rotatable bonds is 3. The van der Waals surface area contributed by atoms with E-state index >= 15 is 0 Å². The Morgan fingerprint density at radius 3 is 2.37 bits per heavy atom. The molecule has 0 fully saturated rings. The summed E-state index contributed by atoms with van der Waals surface area (Å²) in [5.41, 5.74) is -2.25. The van der Waals surface area contributed by atoms with Crippen molar-refractivity contribution in [3.63, 3.8) is 0 Å². The molecule has 0 aliphatic carbocycles. The maximum absolute atomic E-state index is 12.4. The summed E-state index contributed by atoms with van der Waals surface area (Å²) in [6.45, 7) is 0. The van der Waals surface area contributed by atoms with E-state index in [2.05, 4.69) is 19.4 Å². The third-order valence-electron chi connectivity index (χ3n) is 2.06. The molecule has 0 unspecified atom stereocenters. The van der Waals surface area contributed by atoms with E-state index in [1.54, 1.807) is 0 Å². The lowest BCUT2D eigenvalue weighted by atomic mass is 10.2. The number of carbonyl (C=O) groups excluding carboxylic acids is 2. The molecule has 1 rings (SSSR count). The highest BCUT2D eigenvalue weighted by atomic mass is 19.4. The number of alkyl halides is 3. The van der Waals surface area contributed by atoms with Gasteiger partial charge < -0.3 is 9.47 Å². The van der Waals surface area contributed by atoms with Crippen LogP contribution in [-0.2, 0) is 26.9 Å². The summed E-state index contributed by atoms with van der Waals surface area (Å²) in [7, 11) is 2.07. The zero-order valence-electron chi connectivity index (χ0n) is 9.95. The molecule has 0 amide bonds. The lowest BCUT2D eigenvalue weighted by Crippen LogP contribution is -2.19. The van der Waals surface area contributed by atoms with Gasteiger partial charge in [0.15, 0.2) is 11.4 Å². The van der Waals surface area contributed by atoms with E-state index in [1.807, 2.05) is 0 Å². The molecule has 0 spiro atoms. The fourth-order valence-corrected chi connectivity index (χ4v) is 1.15. The Morgan fingerprint density at radius 1 is 1.26 bits per heavy atom. The largest absolute Gasteiger partial charge is 0.469 e. The van der Waals surface area contributed by atoms with Gasteiger partial charge in [-0.25, -0.2) is 9.78 Å². The zero-order valence-corrected chi connectivity index (χ0v) is 9.95. The predicted octanol–water partition coefficient (Wildman–Crippen LogP) is 0.997. The van der Waals surface area contributed by atoms with Crippen LogP contribution in [0.3, 0.4) is 0 Å². The smallest absolute Gasteiger partial charge is 0.434 e. The molecule has 0 aliphatic heterocycles. The third-order valence-corrected chi connectivity index (χ3v) is 2.06. The van der Waals surface area contributed by atoms with Crippen molar-refractivity contribution in [3.8, 4) is 0 Å². The molecule has 0 radical (unpaired) electrons. The van der Waals surface area contributed by atoms with E-state index < -0.39 is 35.9 Å². The molecule has 1 aromatic rings. The predicted molar refractivity (Wildman–Crippen MR) is 54.1 cm³/mol. The van der Waals surface area contributed by atoms with Crippen molar-refractivity contribution in [2.24, 2.45) is 0 Å². The van der Waals surface area contributed by atoms with Gasteiger partial charge in [0.05, 0.1) is 32.5 Å². The second kappa shape index (κ2) is 5.63. The number of ether oxygens (including phenoxy) is 2. The van der Waals surface area contributed by atoms with Gasteiger partial charge in [0.2, 0.25) is 0 Å². The first-order chi connectivity index (χ1) is 8.79. The molecule has 0 atom stereocenters. The number of aromatic nitrogens is 2. The second-order valence-corrected chi connectivity index (χ2v) is 3.29. The van der Waals surface area contributed by atoms with Crippen LogP contribution in [0.1, 0.15) is 21.9 Å². The topological polar surface area (TPSA) is 78.4 Å². The van der Waals surface area contributed by atoms with E-state index in [0.29, 0.717) is 6.20 Å². The molecule has 0 aliphatic rings. The molecular formula is C10H9F3N2O4. The number of hydrogen-bond donors (Lipinski definition) is 0. The first-order valence-corrected chi connectivity index (χ1v) is 4.87.